The van der Waals surface area contributed by atoms with Crippen molar-refractivity contribution in [3.63, 3.8) is 0 Å². The molecule has 3 N–H and O–H groups in total. The molecule has 0 fully saturated rings. The molecule has 2 rings (SSSR count). The second-order valence-corrected chi connectivity index (χ2v) is 4.48. The predicted molar refractivity (Wildman–Crippen MR) is 71.6 cm³/mol. The molecule has 4 heteroatoms. The van der Waals surface area contributed by atoms with Gasteiger partial charge in [0.05, 0.1) is 6.04 Å². The zero-order chi connectivity index (χ0) is 13.0. The van der Waals surface area contributed by atoms with E-state index in [1.807, 2.05) is 30.3 Å². The summed E-state index contributed by atoms with van der Waals surface area (Å²) in [7, 11) is 0. The average molecular weight is 265 g/mol. The van der Waals surface area contributed by atoms with Gasteiger partial charge >= 0.3 is 0 Å². The van der Waals surface area contributed by atoms with Crippen molar-refractivity contribution in [3.8, 4) is 0 Å². The van der Waals surface area contributed by atoms with Crippen molar-refractivity contribution in [2.75, 3.05) is 0 Å². The molecule has 0 aromatic heterocycles. The number of halogens is 2. The summed E-state index contributed by atoms with van der Waals surface area (Å²) in [6.07, 6.45) is 0.697. The zero-order valence-electron chi connectivity index (χ0n) is 9.74. The summed E-state index contributed by atoms with van der Waals surface area (Å²) in [6, 6.07) is 14.1. The number of hydrogen-bond donors (Lipinski definition) is 2. The predicted octanol–water partition coefficient (Wildman–Crippen LogP) is 3.23. The fourth-order valence-corrected chi connectivity index (χ4v) is 2.19. The van der Waals surface area contributed by atoms with Crippen molar-refractivity contribution < 1.29 is 4.39 Å². The van der Waals surface area contributed by atoms with E-state index in [4.69, 9.17) is 17.4 Å². The first kappa shape index (κ1) is 13.0. The number of hydrazine groups is 1. The van der Waals surface area contributed by atoms with Gasteiger partial charge in [-0.2, -0.15) is 0 Å². The highest BCUT2D eigenvalue weighted by molar-refractivity contribution is 6.31. The Kier molecular flexibility index (Phi) is 4.31. The number of nitrogens with one attached hydrogen (secondary N) is 1. The van der Waals surface area contributed by atoms with Crippen LogP contribution in [0.3, 0.4) is 0 Å². The first-order valence-electron chi connectivity index (χ1n) is 5.65. The lowest BCUT2D eigenvalue weighted by Crippen LogP contribution is -2.29. The minimum atomic E-state index is -0.348. The van der Waals surface area contributed by atoms with Crippen molar-refractivity contribution in [3.05, 3.63) is 70.5 Å². The molecule has 0 aliphatic rings. The molecule has 2 nitrogen and oxygen atoms in total. The van der Waals surface area contributed by atoms with E-state index in [0.717, 1.165) is 11.1 Å². The van der Waals surface area contributed by atoms with Crippen LogP contribution in [-0.4, -0.2) is 0 Å². The number of rotatable bonds is 4. The summed E-state index contributed by atoms with van der Waals surface area (Å²) in [5, 5.41) is 0.383. The third-order valence-electron chi connectivity index (χ3n) is 2.82. The van der Waals surface area contributed by atoms with Gasteiger partial charge in [-0.25, -0.2) is 4.39 Å². The van der Waals surface area contributed by atoms with Crippen LogP contribution < -0.4 is 11.3 Å². The molecule has 0 saturated carbocycles. The fraction of sp³-hybridized carbons (Fsp3) is 0.143. The van der Waals surface area contributed by atoms with Gasteiger partial charge in [0.25, 0.3) is 0 Å². The smallest absolute Gasteiger partial charge is 0.124 e. The molecule has 0 amide bonds. The summed E-state index contributed by atoms with van der Waals surface area (Å²) < 4.78 is 13.0. The van der Waals surface area contributed by atoms with E-state index >= 15 is 0 Å². The molecule has 2 aromatic carbocycles. The maximum Gasteiger partial charge on any atom is 0.124 e. The van der Waals surface area contributed by atoms with Gasteiger partial charge in [-0.05, 0) is 29.7 Å². The largest absolute Gasteiger partial charge is 0.271 e. The van der Waals surface area contributed by atoms with Crippen LogP contribution in [0.1, 0.15) is 17.2 Å². The van der Waals surface area contributed by atoms with Crippen LogP contribution in [0, 0.1) is 5.82 Å². The lowest BCUT2D eigenvalue weighted by molar-refractivity contribution is 0.549. The molecule has 2 aromatic rings. The van der Waals surface area contributed by atoms with E-state index in [2.05, 4.69) is 5.43 Å². The topological polar surface area (TPSA) is 38.0 Å². The van der Waals surface area contributed by atoms with Crippen LogP contribution in [-0.2, 0) is 6.42 Å². The second kappa shape index (κ2) is 5.96. The Hall–Kier alpha value is -1.42. The Bertz CT molecular complexity index is 516. The summed E-state index contributed by atoms with van der Waals surface area (Å²) in [5.41, 5.74) is 4.66. The first-order valence-corrected chi connectivity index (χ1v) is 6.03. The molecule has 0 radical (unpaired) electrons. The molecule has 0 aliphatic carbocycles. The molecule has 0 aliphatic heterocycles. The van der Waals surface area contributed by atoms with Crippen LogP contribution >= 0.6 is 11.6 Å². The Morgan fingerprint density at radius 1 is 1.17 bits per heavy atom. The average Bonchev–Trinajstić information content (AvgIpc) is 2.38. The van der Waals surface area contributed by atoms with E-state index in [1.165, 1.54) is 12.1 Å². The van der Waals surface area contributed by atoms with Crippen molar-refractivity contribution in [1.29, 1.82) is 0 Å². The van der Waals surface area contributed by atoms with Crippen molar-refractivity contribution in [1.82, 2.24) is 5.43 Å². The van der Waals surface area contributed by atoms with Crippen molar-refractivity contribution in [2.24, 2.45) is 5.84 Å². The maximum atomic E-state index is 13.0. The number of benzene rings is 2. The third-order valence-corrected chi connectivity index (χ3v) is 3.15. The summed E-state index contributed by atoms with van der Waals surface area (Å²) in [4.78, 5) is 0. The van der Waals surface area contributed by atoms with Crippen LogP contribution in [0.4, 0.5) is 4.39 Å². The third kappa shape index (κ3) is 3.07. The van der Waals surface area contributed by atoms with E-state index in [9.17, 15) is 4.39 Å². The minimum Gasteiger partial charge on any atom is -0.271 e. The van der Waals surface area contributed by atoms with Crippen LogP contribution in [0.2, 0.25) is 5.02 Å². The number of nitrogens with two attached hydrogens (primary N) is 1. The first-order chi connectivity index (χ1) is 8.70. The molecule has 1 unspecified atom stereocenters. The van der Waals surface area contributed by atoms with E-state index in [0.29, 0.717) is 11.4 Å². The number of hydrogen-bond acceptors (Lipinski definition) is 2. The van der Waals surface area contributed by atoms with E-state index in [-0.39, 0.29) is 11.9 Å². The molecule has 0 saturated heterocycles. The van der Waals surface area contributed by atoms with Crippen LogP contribution in [0.5, 0.6) is 0 Å². The Labute approximate surface area is 111 Å². The van der Waals surface area contributed by atoms with Gasteiger partial charge in [-0.3, -0.25) is 11.3 Å². The highest BCUT2D eigenvalue weighted by Gasteiger charge is 2.14. The van der Waals surface area contributed by atoms with Crippen molar-refractivity contribution >= 4 is 11.6 Å². The molecule has 0 heterocycles. The summed E-state index contributed by atoms with van der Waals surface area (Å²) in [6.45, 7) is 0. The Morgan fingerprint density at radius 3 is 2.50 bits per heavy atom. The quantitative estimate of drug-likeness (QED) is 0.657. The molecule has 0 spiro atoms. The van der Waals surface area contributed by atoms with Gasteiger partial charge in [0.15, 0.2) is 0 Å². The lowest BCUT2D eigenvalue weighted by atomic mass is 9.99. The van der Waals surface area contributed by atoms with Gasteiger partial charge in [0.2, 0.25) is 0 Å². The molecular weight excluding hydrogens is 251 g/mol. The SMILES string of the molecule is NNC(Cc1ccccc1)c1ccc(F)cc1Cl. The van der Waals surface area contributed by atoms with Crippen LogP contribution in [0.25, 0.3) is 0 Å². The summed E-state index contributed by atoms with van der Waals surface area (Å²) in [5.74, 6) is 5.21. The molecule has 0 bridgehead atoms. The van der Waals surface area contributed by atoms with Crippen LogP contribution in [0.15, 0.2) is 48.5 Å². The Balaban J connectivity index is 2.23. The lowest BCUT2D eigenvalue weighted by Gasteiger charge is -2.17. The van der Waals surface area contributed by atoms with E-state index in [1.54, 1.807) is 6.07 Å². The highest BCUT2D eigenvalue weighted by Crippen LogP contribution is 2.26. The highest BCUT2D eigenvalue weighted by atomic mass is 35.5. The monoisotopic (exact) mass is 264 g/mol. The Morgan fingerprint density at radius 2 is 1.89 bits per heavy atom. The van der Waals surface area contributed by atoms with Gasteiger partial charge < -0.3 is 0 Å². The molecule has 1 atom stereocenters. The van der Waals surface area contributed by atoms with Crippen molar-refractivity contribution in [2.45, 2.75) is 12.5 Å². The zero-order valence-corrected chi connectivity index (χ0v) is 10.5. The molecule has 94 valence electrons. The standard InChI is InChI=1S/C14H14ClFN2/c15-13-9-11(16)6-7-12(13)14(18-17)8-10-4-2-1-3-5-10/h1-7,9,14,18H,8,17H2. The van der Waals surface area contributed by atoms with Gasteiger partial charge in [-0.15, -0.1) is 0 Å². The fourth-order valence-electron chi connectivity index (χ4n) is 1.89. The van der Waals surface area contributed by atoms with E-state index < -0.39 is 0 Å². The molecule has 18 heavy (non-hydrogen) atoms. The normalized spacial score (nSPS) is 12.4. The molecular formula is C14H14ClFN2. The maximum absolute atomic E-state index is 13.0. The van der Waals surface area contributed by atoms with Gasteiger partial charge in [0, 0.05) is 5.02 Å². The second-order valence-electron chi connectivity index (χ2n) is 4.07. The minimum absolute atomic E-state index is 0.138. The summed E-state index contributed by atoms with van der Waals surface area (Å²) >= 11 is 6.03. The van der Waals surface area contributed by atoms with Gasteiger partial charge in [0.1, 0.15) is 5.82 Å². The van der Waals surface area contributed by atoms with Gasteiger partial charge in [-0.1, -0.05) is 48.0 Å².